The van der Waals surface area contributed by atoms with E-state index in [0.29, 0.717) is 25.7 Å². The summed E-state index contributed by atoms with van der Waals surface area (Å²) >= 11 is 0. The maximum absolute atomic E-state index is 11.9. The van der Waals surface area contributed by atoms with Crippen molar-refractivity contribution in [1.29, 1.82) is 0 Å². The Bertz CT molecular complexity index is 382. The van der Waals surface area contributed by atoms with Crippen LogP contribution in [0, 0.1) is 11.3 Å². The molecule has 0 bridgehead atoms. The minimum Gasteiger partial charge on any atom is -0.465 e. The van der Waals surface area contributed by atoms with Crippen LogP contribution in [0.4, 0.5) is 4.79 Å². The van der Waals surface area contributed by atoms with Gasteiger partial charge >= 0.3 is 6.09 Å². The SMILES string of the molecule is CC(C)(C)C(=O)NNC(=O)[C@H]1CC[C@H](NC(=O)O)CC1. The zero-order valence-electron chi connectivity index (χ0n) is 12.2. The fourth-order valence-electron chi connectivity index (χ4n) is 2.08. The second-order valence-corrected chi connectivity index (χ2v) is 6.19. The van der Waals surface area contributed by atoms with E-state index in [0.717, 1.165) is 0 Å². The maximum atomic E-state index is 11.9. The van der Waals surface area contributed by atoms with Gasteiger partial charge in [-0.2, -0.15) is 0 Å². The van der Waals surface area contributed by atoms with Gasteiger partial charge in [0, 0.05) is 17.4 Å². The largest absolute Gasteiger partial charge is 0.465 e. The highest BCUT2D eigenvalue weighted by molar-refractivity contribution is 5.85. The molecule has 0 aromatic heterocycles. The summed E-state index contributed by atoms with van der Waals surface area (Å²) in [6.07, 6.45) is 1.47. The molecule has 0 aromatic carbocycles. The Morgan fingerprint density at radius 3 is 2.00 bits per heavy atom. The molecule has 4 N–H and O–H groups in total. The highest BCUT2D eigenvalue weighted by Gasteiger charge is 2.28. The predicted octanol–water partition coefficient (Wildman–Crippen LogP) is 1.01. The number of hydrogen-bond donors (Lipinski definition) is 4. The molecule has 0 radical (unpaired) electrons. The summed E-state index contributed by atoms with van der Waals surface area (Å²) in [5.74, 6) is -0.634. The van der Waals surface area contributed by atoms with E-state index < -0.39 is 11.5 Å². The van der Waals surface area contributed by atoms with Crippen LogP contribution in [-0.4, -0.2) is 29.1 Å². The van der Waals surface area contributed by atoms with E-state index >= 15 is 0 Å². The molecule has 1 rings (SSSR count). The summed E-state index contributed by atoms with van der Waals surface area (Å²) in [7, 11) is 0. The van der Waals surface area contributed by atoms with Crippen LogP contribution in [0.15, 0.2) is 0 Å². The molecule has 7 nitrogen and oxygen atoms in total. The third kappa shape index (κ3) is 5.07. The van der Waals surface area contributed by atoms with Crippen molar-refractivity contribution in [2.24, 2.45) is 11.3 Å². The van der Waals surface area contributed by atoms with Crippen LogP contribution in [0.5, 0.6) is 0 Å². The third-order valence-electron chi connectivity index (χ3n) is 3.41. The molecule has 1 saturated carbocycles. The van der Waals surface area contributed by atoms with Gasteiger partial charge < -0.3 is 10.4 Å². The van der Waals surface area contributed by atoms with E-state index in [2.05, 4.69) is 16.2 Å². The first-order chi connectivity index (χ1) is 9.20. The molecule has 0 heterocycles. The lowest BCUT2D eigenvalue weighted by Crippen LogP contribution is -2.49. The van der Waals surface area contributed by atoms with Crippen molar-refractivity contribution >= 4 is 17.9 Å². The van der Waals surface area contributed by atoms with Gasteiger partial charge in [0.1, 0.15) is 0 Å². The van der Waals surface area contributed by atoms with Crippen molar-refractivity contribution in [3.63, 3.8) is 0 Å². The summed E-state index contributed by atoms with van der Waals surface area (Å²) in [5.41, 5.74) is 4.29. The lowest BCUT2D eigenvalue weighted by Gasteiger charge is -2.28. The molecular formula is C13H23N3O4. The molecule has 1 fully saturated rings. The van der Waals surface area contributed by atoms with Crippen LogP contribution in [0.3, 0.4) is 0 Å². The Kier molecular flexibility index (Phi) is 5.35. The average Bonchev–Trinajstić information content (AvgIpc) is 2.34. The molecule has 0 unspecified atom stereocenters. The summed E-state index contributed by atoms with van der Waals surface area (Å²) in [6, 6.07) is -0.0827. The number of rotatable bonds is 2. The van der Waals surface area contributed by atoms with Crippen molar-refractivity contribution in [3.05, 3.63) is 0 Å². The van der Waals surface area contributed by atoms with Crippen molar-refractivity contribution in [2.75, 3.05) is 0 Å². The minimum absolute atomic E-state index is 0.0827. The summed E-state index contributed by atoms with van der Waals surface area (Å²) < 4.78 is 0. The van der Waals surface area contributed by atoms with E-state index in [-0.39, 0.29) is 23.8 Å². The maximum Gasteiger partial charge on any atom is 0.404 e. The Morgan fingerprint density at radius 2 is 1.55 bits per heavy atom. The van der Waals surface area contributed by atoms with Crippen molar-refractivity contribution in [1.82, 2.24) is 16.2 Å². The molecular weight excluding hydrogens is 262 g/mol. The van der Waals surface area contributed by atoms with Gasteiger partial charge in [0.25, 0.3) is 0 Å². The molecule has 20 heavy (non-hydrogen) atoms. The first kappa shape index (κ1) is 16.3. The molecule has 114 valence electrons. The van der Waals surface area contributed by atoms with Crippen LogP contribution in [0.2, 0.25) is 0 Å². The van der Waals surface area contributed by atoms with Gasteiger partial charge in [0.15, 0.2) is 0 Å². The molecule has 0 aliphatic heterocycles. The van der Waals surface area contributed by atoms with Crippen molar-refractivity contribution < 1.29 is 19.5 Å². The molecule has 0 atom stereocenters. The molecule has 0 aromatic rings. The molecule has 1 aliphatic carbocycles. The van der Waals surface area contributed by atoms with E-state index in [1.807, 2.05) is 0 Å². The molecule has 1 aliphatic rings. The van der Waals surface area contributed by atoms with E-state index in [9.17, 15) is 14.4 Å². The first-order valence-corrected chi connectivity index (χ1v) is 6.80. The smallest absolute Gasteiger partial charge is 0.404 e. The summed E-state index contributed by atoms with van der Waals surface area (Å²) in [4.78, 5) is 34.0. The number of hydrazine groups is 1. The van der Waals surface area contributed by atoms with Crippen molar-refractivity contribution in [3.8, 4) is 0 Å². The molecule has 0 spiro atoms. The van der Waals surface area contributed by atoms with Crippen LogP contribution >= 0.6 is 0 Å². The molecule has 3 amide bonds. The highest BCUT2D eigenvalue weighted by Crippen LogP contribution is 2.24. The van der Waals surface area contributed by atoms with Crippen LogP contribution < -0.4 is 16.2 Å². The van der Waals surface area contributed by atoms with Gasteiger partial charge in [-0.3, -0.25) is 20.4 Å². The average molecular weight is 285 g/mol. The zero-order chi connectivity index (χ0) is 15.3. The van der Waals surface area contributed by atoms with E-state index in [4.69, 9.17) is 5.11 Å². The normalized spacial score (nSPS) is 22.8. The van der Waals surface area contributed by atoms with Gasteiger partial charge in [0.2, 0.25) is 11.8 Å². The fourth-order valence-corrected chi connectivity index (χ4v) is 2.08. The second kappa shape index (κ2) is 6.58. The van der Waals surface area contributed by atoms with E-state index in [1.165, 1.54) is 0 Å². The highest BCUT2D eigenvalue weighted by atomic mass is 16.4. The third-order valence-corrected chi connectivity index (χ3v) is 3.41. The number of hydrogen-bond acceptors (Lipinski definition) is 3. The van der Waals surface area contributed by atoms with Gasteiger partial charge in [-0.15, -0.1) is 0 Å². The van der Waals surface area contributed by atoms with Gasteiger partial charge in [-0.25, -0.2) is 4.79 Å². The van der Waals surface area contributed by atoms with Crippen LogP contribution in [-0.2, 0) is 9.59 Å². The van der Waals surface area contributed by atoms with Gasteiger partial charge in [-0.05, 0) is 25.7 Å². The Hall–Kier alpha value is -1.79. The van der Waals surface area contributed by atoms with Gasteiger partial charge in [0.05, 0.1) is 0 Å². The predicted molar refractivity (Wildman–Crippen MR) is 72.6 cm³/mol. The monoisotopic (exact) mass is 285 g/mol. The van der Waals surface area contributed by atoms with Crippen molar-refractivity contribution in [2.45, 2.75) is 52.5 Å². The molecule has 0 saturated heterocycles. The fraction of sp³-hybridized carbons (Fsp3) is 0.769. The number of carboxylic acid groups (broad SMARTS) is 1. The minimum atomic E-state index is -1.03. The van der Waals surface area contributed by atoms with Gasteiger partial charge in [-0.1, -0.05) is 20.8 Å². The first-order valence-electron chi connectivity index (χ1n) is 6.80. The summed E-state index contributed by atoms with van der Waals surface area (Å²) in [5, 5.41) is 11.1. The quantitative estimate of drug-likeness (QED) is 0.568. The van der Waals surface area contributed by atoms with E-state index in [1.54, 1.807) is 20.8 Å². The lowest BCUT2D eigenvalue weighted by molar-refractivity contribution is -0.135. The Balaban J connectivity index is 2.33. The number of carbonyl (C=O) groups excluding carboxylic acids is 2. The number of carbonyl (C=O) groups is 3. The zero-order valence-corrected chi connectivity index (χ0v) is 12.2. The molecule has 7 heteroatoms. The van der Waals surface area contributed by atoms with Crippen LogP contribution in [0.1, 0.15) is 46.5 Å². The number of nitrogens with one attached hydrogen (secondary N) is 3. The lowest BCUT2D eigenvalue weighted by atomic mass is 9.85. The standard InChI is InChI=1S/C13H23N3O4/c1-13(2,3)11(18)16-15-10(17)8-4-6-9(7-5-8)14-12(19)20/h8-9,14H,4-7H2,1-3H3,(H,15,17)(H,16,18)(H,19,20)/t8-,9-. The second-order valence-electron chi connectivity index (χ2n) is 6.19. The Morgan fingerprint density at radius 1 is 1.00 bits per heavy atom. The summed E-state index contributed by atoms with van der Waals surface area (Å²) in [6.45, 7) is 5.28. The Labute approximate surface area is 118 Å². The number of amides is 3. The topological polar surface area (TPSA) is 108 Å². The van der Waals surface area contributed by atoms with Crippen LogP contribution in [0.25, 0.3) is 0 Å².